The van der Waals surface area contributed by atoms with E-state index in [-0.39, 0.29) is 11.9 Å². The number of allylic oxidation sites excluding steroid dienone is 2. The number of carbonyl (C=O) groups excluding carboxylic acids is 1. The molecule has 0 radical (unpaired) electrons. The summed E-state index contributed by atoms with van der Waals surface area (Å²) in [4.78, 5) is 11.6. The molecular formula is C12H18O2. The largest absolute Gasteiger partial charge is 0.466 e. The van der Waals surface area contributed by atoms with Crippen molar-refractivity contribution < 1.29 is 9.53 Å². The highest BCUT2D eigenvalue weighted by Gasteiger charge is 2.54. The van der Waals surface area contributed by atoms with E-state index in [1.54, 1.807) is 0 Å². The highest BCUT2D eigenvalue weighted by Crippen LogP contribution is 2.53. The number of hydrogen-bond donors (Lipinski definition) is 0. The Morgan fingerprint density at radius 3 is 2.36 bits per heavy atom. The topological polar surface area (TPSA) is 26.3 Å². The number of esters is 1. The zero-order chi connectivity index (χ0) is 9.97. The number of rotatable bonds is 2. The molecule has 1 saturated carbocycles. The standard InChI is InChI=1S/C12H18O2/c1-2-14-12(13)11-9-7-5-3-4-6-8-10(9)11/h3-4,9-11H,2,5-8H2,1H3/b4-3-/t9-,10+,11+. The maximum absolute atomic E-state index is 11.6. The van der Waals surface area contributed by atoms with E-state index < -0.39 is 0 Å². The van der Waals surface area contributed by atoms with E-state index in [1.165, 1.54) is 12.8 Å². The smallest absolute Gasteiger partial charge is 0.309 e. The van der Waals surface area contributed by atoms with Gasteiger partial charge in [-0.3, -0.25) is 4.79 Å². The first-order chi connectivity index (χ1) is 6.84. The highest BCUT2D eigenvalue weighted by atomic mass is 16.5. The van der Waals surface area contributed by atoms with E-state index >= 15 is 0 Å². The van der Waals surface area contributed by atoms with Crippen molar-refractivity contribution in [2.24, 2.45) is 17.8 Å². The Labute approximate surface area is 85.3 Å². The first-order valence-corrected chi connectivity index (χ1v) is 5.66. The van der Waals surface area contributed by atoms with Gasteiger partial charge in [-0.2, -0.15) is 0 Å². The van der Waals surface area contributed by atoms with E-state index in [9.17, 15) is 4.79 Å². The average molecular weight is 194 g/mol. The Kier molecular flexibility index (Phi) is 2.90. The van der Waals surface area contributed by atoms with Crippen LogP contribution in [0.15, 0.2) is 12.2 Å². The Morgan fingerprint density at radius 2 is 1.86 bits per heavy atom. The fourth-order valence-electron chi connectivity index (χ4n) is 2.63. The Hall–Kier alpha value is -0.790. The number of fused-ring (bicyclic) bond motifs is 1. The van der Waals surface area contributed by atoms with Gasteiger partial charge < -0.3 is 4.74 Å². The fraction of sp³-hybridized carbons (Fsp3) is 0.750. The first-order valence-electron chi connectivity index (χ1n) is 5.66. The van der Waals surface area contributed by atoms with Crippen LogP contribution in [0.5, 0.6) is 0 Å². The minimum Gasteiger partial charge on any atom is -0.466 e. The van der Waals surface area contributed by atoms with Crippen molar-refractivity contribution in [1.82, 2.24) is 0 Å². The lowest BCUT2D eigenvalue weighted by molar-refractivity contribution is -0.145. The van der Waals surface area contributed by atoms with Gasteiger partial charge >= 0.3 is 5.97 Å². The molecule has 0 bridgehead atoms. The molecule has 0 saturated heterocycles. The summed E-state index contributed by atoms with van der Waals surface area (Å²) in [6.45, 7) is 2.40. The molecule has 78 valence electrons. The Morgan fingerprint density at radius 1 is 1.29 bits per heavy atom. The van der Waals surface area contributed by atoms with Crippen molar-refractivity contribution in [3.63, 3.8) is 0 Å². The quantitative estimate of drug-likeness (QED) is 0.499. The molecule has 1 fully saturated rings. The summed E-state index contributed by atoms with van der Waals surface area (Å²) in [5.74, 6) is 1.53. The third-order valence-corrected chi connectivity index (χ3v) is 3.39. The lowest BCUT2D eigenvalue weighted by Gasteiger charge is -1.99. The lowest BCUT2D eigenvalue weighted by atomic mass is 10.1. The van der Waals surface area contributed by atoms with Crippen LogP contribution in [0.4, 0.5) is 0 Å². The number of hydrogen-bond acceptors (Lipinski definition) is 2. The molecule has 0 spiro atoms. The zero-order valence-electron chi connectivity index (χ0n) is 8.74. The molecule has 14 heavy (non-hydrogen) atoms. The molecule has 2 aliphatic carbocycles. The molecule has 0 amide bonds. The summed E-state index contributed by atoms with van der Waals surface area (Å²) in [5.41, 5.74) is 0. The summed E-state index contributed by atoms with van der Waals surface area (Å²) < 4.78 is 5.08. The molecule has 3 atom stereocenters. The molecule has 0 aromatic rings. The number of ether oxygens (including phenoxy) is 1. The van der Waals surface area contributed by atoms with Gasteiger partial charge in [0.05, 0.1) is 12.5 Å². The predicted molar refractivity (Wildman–Crippen MR) is 54.7 cm³/mol. The summed E-state index contributed by atoms with van der Waals surface area (Å²) in [6.07, 6.45) is 9.11. The third-order valence-electron chi connectivity index (χ3n) is 3.39. The summed E-state index contributed by atoms with van der Waals surface area (Å²) in [7, 11) is 0. The van der Waals surface area contributed by atoms with E-state index in [1.807, 2.05) is 6.92 Å². The molecule has 0 heterocycles. The molecule has 0 aliphatic heterocycles. The van der Waals surface area contributed by atoms with Crippen molar-refractivity contribution in [2.75, 3.05) is 6.61 Å². The lowest BCUT2D eigenvalue weighted by Crippen LogP contribution is -2.08. The SMILES string of the molecule is CCOC(=O)[C@H]1[C@@H]2CC/C=C\CC[C@@H]21. The molecule has 0 N–H and O–H groups in total. The van der Waals surface area contributed by atoms with Gasteiger partial charge in [0.1, 0.15) is 0 Å². The molecule has 2 aliphatic rings. The molecule has 2 nitrogen and oxygen atoms in total. The minimum absolute atomic E-state index is 0.0457. The van der Waals surface area contributed by atoms with Crippen LogP contribution in [-0.2, 0) is 9.53 Å². The monoisotopic (exact) mass is 194 g/mol. The molecule has 0 unspecified atom stereocenters. The van der Waals surface area contributed by atoms with Gasteiger partial charge in [-0.1, -0.05) is 12.2 Å². The summed E-state index contributed by atoms with van der Waals surface area (Å²) >= 11 is 0. The molecule has 2 rings (SSSR count). The normalized spacial score (nSPS) is 37.6. The van der Waals surface area contributed by atoms with E-state index in [0.717, 1.165) is 12.8 Å². The summed E-state index contributed by atoms with van der Waals surface area (Å²) in [6, 6.07) is 0. The second kappa shape index (κ2) is 4.16. The zero-order valence-corrected chi connectivity index (χ0v) is 8.74. The van der Waals surface area contributed by atoms with Gasteiger partial charge in [0.25, 0.3) is 0 Å². The van der Waals surface area contributed by atoms with Crippen molar-refractivity contribution >= 4 is 5.97 Å². The van der Waals surface area contributed by atoms with Crippen molar-refractivity contribution in [3.8, 4) is 0 Å². The maximum atomic E-state index is 11.6. The molecular weight excluding hydrogens is 176 g/mol. The van der Waals surface area contributed by atoms with Crippen LogP contribution in [0.25, 0.3) is 0 Å². The molecule has 0 aromatic heterocycles. The minimum atomic E-state index is 0.0457. The van der Waals surface area contributed by atoms with Gasteiger partial charge in [-0.15, -0.1) is 0 Å². The van der Waals surface area contributed by atoms with Crippen LogP contribution in [0.2, 0.25) is 0 Å². The average Bonchev–Trinajstić information content (AvgIpc) is 2.77. The van der Waals surface area contributed by atoms with Gasteiger partial charge in [0, 0.05) is 0 Å². The van der Waals surface area contributed by atoms with Crippen LogP contribution in [0.3, 0.4) is 0 Å². The van der Waals surface area contributed by atoms with E-state index in [4.69, 9.17) is 4.74 Å². The van der Waals surface area contributed by atoms with Crippen molar-refractivity contribution in [3.05, 3.63) is 12.2 Å². The highest BCUT2D eigenvalue weighted by molar-refractivity contribution is 5.76. The van der Waals surface area contributed by atoms with Crippen LogP contribution >= 0.6 is 0 Å². The van der Waals surface area contributed by atoms with E-state index in [0.29, 0.717) is 18.4 Å². The van der Waals surface area contributed by atoms with Crippen LogP contribution in [-0.4, -0.2) is 12.6 Å². The van der Waals surface area contributed by atoms with Crippen LogP contribution in [0, 0.1) is 17.8 Å². The third kappa shape index (κ3) is 1.84. The second-order valence-corrected chi connectivity index (χ2v) is 4.23. The van der Waals surface area contributed by atoms with E-state index in [2.05, 4.69) is 12.2 Å². The number of carbonyl (C=O) groups is 1. The molecule has 0 aromatic carbocycles. The predicted octanol–water partition coefficient (Wildman–Crippen LogP) is 2.54. The van der Waals surface area contributed by atoms with Crippen molar-refractivity contribution in [1.29, 1.82) is 0 Å². The van der Waals surface area contributed by atoms with Crippen LogP contribution in [0.1, 0.15) is 32.6 Å². The summed E-state index contributed by atoms with van der Waals surface area (Å²) in [5, 5.41) is 0. The first kappa shape index (κ1) is 9.75. The molecule has 2 heteroatoms. The Balaban J connectivity index is 1.90. The van der Waals surface area contributed by atoms with Crippen molar-refractivity contribution in [2.45, 2.75) is 32.6 Å². The van der Waals surface area contributed by atoms with Gasteiger partial charge in [-0.25, -0.2) is 0 Å². The van der Waals surface area contributed by atoms with Gasteiger partial charge in [0.2, 0.25) is 0 Å². The Bertz CT molecular complexity index is 229. The van der Waals surface area contributed by atoms with Gasteiger partial charge in [-0.05, 0) is 44.4 Å². The fourth-order valence-corrected chi connectivity index (χ4v) is 2.63. The van der Waals surface area contributed by atoms with Gasteiger partial charge in [0.15, 0.2) is 0 Å². The van der Waals surface area contributed by atoms with Crippen LogP contribution < -0.4 is 0 Å². The maximum Gasteiger partial charge on any atom is 0.309 e. The second-order valence-electron chi connectivity index (χ2n) is 4.23.